The highest BCUT2D eigenvalue weighted by Crippen LogP contribution is 2.61. The number of hydrogen-bond donors (Lipinski definition) is 3. The zero-order valence-electron chi connectivity index (χ0n) is 24.4. The standard InChI is InChI=1S/C29H39ClO12/c1-13(2)9-20(33)42-21-23(34)27(6)18(39-15(4)31)8-7-17(11-30)10-19-29(37,14(3)26(36)41-19)25(40-16(5)32)22(27)28(12-38-28)24(21)35/h7-8,10,13-14,18-19,21-25,34-35,37H,9,11-12H2,1-6H3. The summed E-state index contributed by atoms with van der Waals surface area (Å²) in [6.45, 7) is 8.62. The number of aliphatic hydroxyl groups excluding tert-OH is 2. The summed E-state index contributed by atoms with van der Waals surface area (Å²) in [6.07, 6.45) is -4.93. The number of fused-ring (bicyclic) bond motifs is 3. The van der Waals surface area contributed by atoms with Gasteiger partial charge < -0.3 is 39.0 Å². The zero-order valence-corrected chi connectivity index (χ0v) is 25.2. The third-order valence-corrected chi connectivity index (χ3v) is 9.29. The van der Waals surface area contributed by atoms with Crippen LogP contribution in [-0.2, 0) is 42.9 Å². The van der Waals surface area contributed by atoms with Crippen LogP contribution in [0.15, 0.2) is 23.8 Å². The fourth-order valence-corrected chi connectivity index (χ4v) is 6.94. The first-order valence-electron chi connectivity index (χ1n) is 14.0. The summed E-state index contributed by atoms with van der Waals surface area (Å²) in [5.74, 6) is -5.82. The van der Waals surface area contributed by atoms with E-state index in [9.17, 15) is 34.5 Å². The summed E-state index contributed by atoms with van der Waals surface area (Å²) in [5, 5.41) is 36.1. The first-order chi connectivity index (χ1) is 19.5. The predicted octanol–water partition coefficient (Wildman–Crippen LogP) is 0.962. The summed E-state index contributed by atoms with van der Waals surface area (Å²) < 4.78 is 28.6. The molecular weight excluding hydrogens is 576 g/mol. The first kappa shape index (κ1) is 32.4. The van der Waals surface area contributed by atoms with Crippen molar-refractivity contribution in [2.24, 2.45) is 23.2 Å². The number of esters is 4. The summed E-state index contributed by atoms with van der Waals surface area (Å²) >= 11 is 6.19. The van der Waals surface area contributed by atoms with Crippen LogP contribution in [0.25, 0.3) is 0 Å². The number of hydrogen-bond acceptors (Lipinski definition) is 12. The number of ether oxygens (including phenoxy) is 5. The number of alkyl halides is 1. The van der Waals surface area contributed by atoms with Gasteiger partial charge in [0, 0.05) is 37.5 Å². The van der Waals surface area contributed by atoms with E-state index in [-0.39, 0.29) is 24.8 Å². The molecule has 2 heterocycles. The summed E-state index contributed by atoms with van der Waals surface area (Å²) in [5.41, 5.74) is -5.31. The molecule has 2 aliphatic carbocycles. The molecule has 0 aromatic heterocycles. The predicted molar refractivity (Wildman–Crippen MR) is 145 cm³/mol. The molecule has 3 N–H and O–H groups in total. The third kappa shape index (κ3) is 5.25. The van der Waals surface area contributed by atoms with Gasteiger partial charge in [0.25, 0.3) is 0 Å². The fraction of sp³-hybridized carbons (Fsp3) is 0.724. The summed E-state index contributed by atoms with van der Waals surface area (Å²) in [7, 11) is 0. The topological polar surface area (TPSA) is 178 Å². The normalized spacial score (nSPS) is 42.6. The van der Waals surface area contributed by atoms with Gasteiger partial charge in [-0.2, -0.15) is 0 Å². The molecule has 0 aromatic rings. The third-order valence-electron chi connectivity index (χ3n) is 8.99. The number of carbonyl (C=O) groups is 4. The number of carbonyl (C=O) groups excluding carboxylic acids is 4. The van der Waals surface area contributed by atoms with E-state index in [1.165, 1.54) is 32.1 Å². The van der Waals surface area contributed by atoms with E-state index < -0.39 is 89.0 Å². The molecule has 0 amide bonds. The lowest BCUT2D eigenvalue weighted by Crippen LogP contribution is -2.75. The van der Waals surface area contributed by atoms with Gasteiger partial charge in [0.1, 0.15) is 30.0 Å². The van der Waals surface area contributed by atoms with Crippen LogP contribution >= 0.6 is 11.6 Å². The number of rotatable bonds is 6. The zero-order chi connectivity index (χ0) is 31.4. The van der Waals surface area contributed by atoms with Crippen molar-refractivity contribution in [2.45, 2.75) is 95.8 Å². The quantitative estimate of drug-likeness (QED) is 0.167. The van der Waals surface area contributed by atoms with Crippen LogP contribution in [-0.4, -0.2) is 99.5 Å². The fourth-order valence-electron chi connectivity index (χ4n) is 6.77. The van der Waals surface area contributed by atoms with Crippen molar-refractivity contribution < 1.29 is 58.2 Å². The maximum atomic E-state index is 12.9. The van der Waals surface area contributed by atoms with Gasteiger partial charge in [-0.1, -0.05) is 26.8 Å². The molecule has 1 saturated carbocycles. The molecule has 13 heteroatoms. The molecule has 0 aromatic carbocycles. The number of aliphatic hydroxyl groups is 3. The maximum Gasteiger partial charge on any atom is 0.312 e. The monoisotopic (exact) mass is 614 g/mol. The number of allylic oxidation sites excluding steroid dienone is 2. The second-order valence-corrected chi connectivity index (χ2v) is 12.6. The Balaban J connectivity index is 2.01. The molecule has 11 atom stereocenters. The number of halogens is 1. The van der Waals surface area contributed by atoms with E-state index in [0.717, 1.165) is 13.8 Å². The lowest BCUT2D eigenvalue weighted by Gasteiger charge is -2.58. The Bertz CT molecular complexity index is 1180. The average Bonchev–Trinajstić information content (AvgIpc) is 3.65. The molecule has 1 spiro atoms. The molecular formula is C29H39ClO12. The lowest BCUT2D eigenvalue weighted by atomic mass is 9.51. The molecule has 2 saturated heterocycles. The smallest absolute Gasteiger partial charge is 0.312 e. The van der Waals surface area contributed by atoms with Gasteiger partial charge in [0.05, 0.1) is 12.5 Å². The van der Waals surface area contributed by atoms with Crippen molar-refractivity contribution in [2.75, 3.05) is 12.5 Å². The molecule has 4 rings (SSSR count). The van der Waals surface area contributed by atoms with Crippen molar-refractivity contribution in [1.82, 2.24) is 0 Å². The molecule has 12 nitrogen and oxygen atoms in total. The molecule has 234 valence electrons. The highest BCUT2D eigenvalue weighted by molar-refractivity contribution is 6.19. The minimum absolute atomic E-state index is 0.00440. The lowest BCUT2D eigenvalue weighted by molar-refractivity contribution is -0.273. The molecule has 42 heavy (non-hydrogen) atoms. The van der Waals surface area contributed by atoms with Gasteiger partial charge in [-0.15, -0.1) is 11.6 Å². The second kappa shape index (κ2) is 11.5. The summed E-state index contributed by atoms with van der Waals surface area (Å²) in [6, 6.07) is 0. The van der Waals surface area contributed by atoms with E-state index in [1.807, 2.05) is 0 Å². The minimum Gasteiger partial charge on any atom is -0.459 e. The molecule has 0 bridgehead atoms. The van der Waals surface area contributed by atoms with Crippen molar-refractivity contribution >= 4 is 35.5 Å². The van der Waals surface area contributed by atoms with E-state index in [1.54, 1.807) is 13.8 Å². The van der Waals surface area contributed by atoms with E-state index in [2.05, 4.69) is 0 Å². The molecule has 4 aliphatic rings. The van der Waals surface area contributed by atoms with Crippen LogP contribution in [0, 0.1) is 23.2 Å². The van der Waals surface area contributed by atoms with Gasteiger partial charge in [-0.25, -0.2) is 0 Å². The van der Waals surface area contributed by atoms with Gasteiger partial charge in [0.2, 0.25) is 0 Å². The molecule has 2 aliphatic heterocycles. The van der Waals surface area contributed by atoms with Crippen LogP contribution < -0.4 is 0 Å². The van der Waals surface area contributed by atoms with Crippen LogP contribution in [0.3, 0.4) is 0 Å². The van der Waals surface area contributed by atoms with Crippen molar-refractivity contribution in [3.63, 3.8) is 0 Å². The van der Waals surface area contributed by atoms with Gasteiger partial charge in [0.15, 0.2) is 17.8 Å². The van der Waals surface area contributed by atoms with Crippen LogP contribution in [0.1, 0.15) is 48.0 Å². The average molecular weight is 615 g/mol. The maximum absolute atomic E-state index is 12.9. The van der Waals surface area contributed by atoms with Crippen LogP contribution in [0.5, 0.6) is 0 Å². The van der Waals surface area contributed by atoms with Gasteiger partial charge in [-0.3, -0.25) is 19.2 Å². The Morgan fingerprint density at radius 1 is 1.12 bits per heavy atom. The SMILES string of the molecule is CC(=O)OC1C=CC(CCl)=CC2OC(=O)C(C)C2(O)C(OC(C)=O)C2C3(CO3)C(O)C(OC(=O)CC(C)C)C(O)C12C. The Labute approximate surface area is 248 Å². The summed E-state index contributed by atoms with van der Waals surface area (Å²) in [4.78, 5) is 50.8. The second-order valence-electron chi connectivity index (χ2n) is 12.3. The Kier molecular flexibility index (Phi) is 8.90. The van der Waals surface area contributed by atoms with Gasteiger partial charge in [-0.05, 0) is 30.6 Å². The minimum atomic E-state index is -2.25. The van der Waals surface area contributed by atoms with Crippen LogP contribution in [0.2, 0.25) is 0 Å². The molecule has 11 unspecified atom stereocenters. The van der Waals surface area contributed by atoms with Crippen molar-refractivity contribution in [3.05, 3.63) is 23.8 Å². The number of epoxide rings is 1. The largest absolute Gasteiger partial charge is 0.459 e. The molecule has 3 fully saturated rings. The van der Waals surface area contributed by atoms with Crippen LogP contribution in [0.4, 0.5) is 0 Å². The first-order valence-corrected chi connectivity index (χ1v) is 14.5. The Hall–Kier alpha value is -2.51. The van der Waals surface area contributed by atoms with Crippen molar-refractivity contribution in [1.29, 1.82) is 0 Å². The molecule has 0 radical (unpaired) electrons. The van der Waals surface area contributed by atoms with E-state index in [4.69, 9.17) is 35.3 Å². The van der Waals surface area contributed by atoms with E-state index >= 15 is 0 Å². The van der Waals surface area contributed by atoms with Gasteiger partial charge >= 0.3 is 23.9 Å². The Morgan fingerprint density at radius 2 is 1.74 bits per heavy atom. The highest BCUT2D eigenvalue weighted by atomic mass is 35.5. The van der Waals surface area contributed by atoms with Crippen molar-refractivity contribution in [3.8, 4) is 0 Å². The Morgan fingerprint density at radius 3 is 2.26 bits per heavy atom. The van der Waals surface area contributed by atoms with E-state index in [0.29, 0.717) is 5.57 Å². The highest BCUT2D eigenvalue weighted by Gasteiger charge is 2.79.